The van der Waals surface area contributed by atoms with Crippen LogP contribution in [0.25, 0.3) is 16.8 Å². The molecular weight excluding hydrogens is 596 g/mol. The molecule has 1 fully saturated rings. The Hall–Kier alpha value is -3.60. The standard InChI is InChI=1S/C36H49FN6O2Si/c1-46(2,3)23-22-45-28-42-26-31(25-38-42)29-12-11-13-30(24-29)35(44)40-36-39-33(27-43(36)34-17-15-32(37)16-18-34)14-7-4-5-8-19-41-20-9-6-10-21-41/h11-13,15-18,24-27H,4-10,14,19-23,28H2,1-3H3,(H,39,40,44). The molecule has 0 radical (unpaired) electrons. The lowest BCUT2D eigenvalue weighted by Crippen LogP contribution is -2.30. The van der Waals surface area contributed by atoms with Crippen molar-refractivity contribution in [3.63, 3.8) is 0 Å². The van der Waals surface area contributed by atoms with Gasteiger partial charge in [0.15, 0.2) is 0 Å². The van der Waals surface area contributed by atoms with Crippen LogP contribution in [-0.4, -0.2) is 64.5 Å². The monoisotopic (exact) mass is 644 g/mol. The highest BCUT2D eigenvalue weighted by Crippen LogP contribution is 2.23. The molecule has 1 saturated heterocycles. The number of unbranched alkanes of at least 4 members (excludes halogenated alkanes) is 3. The number of ether oxygens (including phenoxy) is 1. The van der Waals surface area contributed by atoms with E-state index in [9.17, 15) is 9.18 Å². The summed E-state index contributed by atoms with van der Waals surface area (Å²) >= 11 is 0. The summed E-state index contributed by atoms with van der Waals surface area (Å²) in [6.07, 6.45) is 15.2. The second-order valence-corrected chi connectivity index (χ2v) is 19.2. The summed E-state index contributed by atoms with van der Waals surface area (Å²) in [5, 5.41) is 7.46. The first-order valence-corrected chi connectivity index (χ1v) is 20.5. The molecule has 10 heteroatoms. The average Bonchev–Trinajstić information content (AvgIpc) is 3.69. The molecule has 0 saturated carbocycles. The topological polar surface area (TPSA) is 77.2 Å². The molecule has 246 valence electrons. The van der Waals surface area contributed by atoms with Gasteiger partial charge in [-0.2, -0.15) is 5.10 Å². The fourth-order valence-corrected chi connectivity index (χ4v) is 6.50. The number of hydrogen-bond acceptors (Lipinski definition) is 5. The molecule has 1 amide bonds. The van der Waals surface area contributed by atoms with Gasteiger partial charge in [0.2, 0.25) is 5.95 Å². The largest absolute Gasteiger partial charge is 0.360 e. The van der Waals surface area contributed by atoms with Crippen LogP contribution in [-0.2, 0) is 17.9 Å². The van der Waals surface area contributed by atoms with Crippen LogP contribution in [0.4, 0.5) is 10.3 Å². The van der Waals surface area contributed by atoms with Gasteiger partial charge in [-0.05, 0) is 99.7 Å². The number of carbonyl (C=O) groups is 1. The van der Waals surface area contributed by atoms with Gasteiger partial charge >= 0.3 is 0 Å². The molecule has 4 aromatic rings. The fraction of sp³-hybridized carbons (Fsp3) is 0.472. The summed E-state index contributed by atoms with van der Waals surface area (Å²) in [4.78, 5) is 20.9. The zero-order valence-corrected chi connectivity index (χ0v) is 28.7. The van der Waals surface area contributed by atoms with Gasteiger partial charge in [-0.1, -0.05) is 51.0 Å². The van der Waals surface area contributed by atoms with Gasteiger partial charge in [0.25, 0.3) is 5.91 Å². The Kier molecular flexibility index (Phi) is 12.0. The predicted molar refractivity (Wildman–Crippen MR) is 186 cm³/mol. The summed E-state index contributed by atoms with van der Waals surface area (Å²) in [6, 6.07) is 14.8. The number of rotatable bonds is 16. The van der Waals surface area contributed by atoms with Crippen molar-refractivity contribution in [2.24, 2.45) is 0 Å². The van der Waals surface area contributed by atoms with E-state index in [0.29, 0.717) is 18.2 Å². The predicted octanol–water partition coefficient (Wildman–Crippen LogP) is 8.03. The number of amides is 1. The van der Waals surface area contributed by atoms with Crippen molar-refractivity contribution in [1.29, 1.82) is 0 Å². The Morgan fingerprint density at radius 2 is 1.74 bits per heavy atom. The van der Waals surface area contributed by atoms with Crippen molar-refractivity contribution in [1.82, 2.24) is 24.2 Å². The maximum Gasteiger partial charge on any atom is 0.258 e. The van der Waals surface area contributed by atoms with E-state index >= 15 is 0 Å². The van der Waals surface area contributed by atoms with Gasteiger partial charge < -0.3 is 9.64 Å². The molecule has 1 aliphatic heterocycles. The van der Waals surface area contributed by atoms with Crippen molar-refractivity contribution in [3.05, 3.63) is 84.2 Å². The van der Waals surface area contributed by atoms with Gasteiger partial charge in [-0.3, -0.25) is 14.7 Å². The van der Waals surface area contributed by atoms with Crippen molar-refractivity contribution in [3.8, 4) is 16.8 Å². The van der Waals surface area contributed by atoms with E-state index in [1.165, 1.54) is 63.9 Å². The molecule has 2 aromatic carbocycles. The molecular formula is C36H49FN6O2Si. The number of aryl methyl sites for hydroxylation is 1. The van der Waals surface area contributed by atoms with E-state index in [0.717, 1.165) is 54.4 Å². The summed E-state index contributed by atoms with van der Waals surface area (Å²) in [5.74, 6) is -0.148. The van der Waals surface area contributed by atoms with Crippen LogP contribution >= 0.6 is 0 Å². The number of benzene rings is 2. The van der Waals surface area contributed by atoms with Crippen molar-refractivity contribution >= 4 is 19.9 Å². The molecule has 5 rings (SSSR count). The molecule has 0 atom stereocenters. The van der Waals surface area contributed by atoms with Gasteiger partial charge in [-0.25, -0.2) is 14.1 Å². The maximum absolute atomic E-state index is 13.7. The van der Waals surface area contributed by atoms with E-state index < -0.39 is 8.07 Å². The summed E-state index contributed by atoms with van der Waals surface area (Å²) in [5.41, 5.74) is 3.97. The van der Waals surface area contributed by atoms with Crippen LogP contribution in [0, 0.1) is 5.82 Å². The lowest BCUT2D eigenvalue weighted by atomic mass is 10.1. The van der Waals surface area contributed by atoms with Gasteiger partial charge in [-0.15, -0.1) is 0 Å². The van der Waals surface area contributed by atoms with Gasteiger partial charge in [0.1, 0.15) is 12.5 Å². The second kappa shape index (κ2) is 16.3. The lowest BCUT2D eigenvalue weighted by Gasteiger charge is -2.26. The Balaban J connectivity index is 1.20. The molecule has 0 spiro atoms. The van der Waals surface area contributed by atoms with Crippen LogP contribution in [0.3, 0.4) is 0 Å². The molecule has 1 aliphatic rings. The lowest BCUT2D eigenvalue weighted by molar-refractivity contribution is 0.0786. The number of halogens is 1. The number of nitrogens with one attached hydrogen (secondary N) is 1. The first-order valence-electron chi connectivity index (χ1n) is 16.8. The van der Waals surface area contributed by atoms with Crippen molar-refractivity contribution in [2.75, 3.05) is 31.6 Å². The Morgan fingerprint density at radius 1 is 0.957 bits per heavy atom. The first-order chi connectivity index (χ1) is 22.2. The number of nitrogens with zero attached hydrogens (tertiary/aromatic N) is 5. The molecule has 0 unspecified atom stereocenters. The van der Waals surface area contributed by atoms with Crippen LogP contribution in [0.1, 0.15) is 61.0 Å². The van der Waals surface area contributed by atoms with E-state index in [4.69, 9.17) is 9.72 Å². The number of imidazole rings is 1. The quantitative estimate of drug-likeness (QED) is 0.0987. The summed E-state index contributed by atoms with van der Waals surface area (Å²) in [7, 11) is -1.14. The van der Waals surface area contributed by atoms with Crippen LogP contribution < -0.4 is 5.32 Å². The zero-order valence-electron chi connectivity index (χ0n) is 27.7. The number of piperidine rings is 1. The average molecular weight is 645 g/mol. The van der Waals surface area contributed by atoms with Gasteiger partial charge in [0.05, 0.1) is 11.9 Å². The van der Waals surface area contributed by atoms with E-state index in [1.54, 1.807) is 29.1 Å². The highest BCUT2D eigenvalue weighted by Gasteiger charge is 2.16. The summed E-state index contributed by atoms with van der Waals surface area (Å²) in [6.45, 7) is 11.8. The molecule has 0 aliphatic carbocycles. The highest BCUT2D eigenvalue weighted by molar-refractivity contribution is 6.76. The minimum atomic E-state index is -1.14. The third kappa shape index (κ3) is 10.2. The van der Waals surface area contributed by atoms with Crippen LogP contribution in [0.5, 0.6) is 0 Å². The summed E-state index contributed by atoms with van der Waals surface area (Å²) < 4.78 is 23.2. The van der Waals surface area contributed by atoms with Crippen molar-refractivity contribution < 1.29 is 13.9 Å². The molecule has 0 bridgehead atoms. The Bertz CT molecular complexity index is 1540. The third-order valence-corrected chi connectivity index (χ3v) is 10.2. The Morgan fingerprint density at radius 3 is 2.52 bits per heavy atom. The minimum Gasteiger partial charge on any atom is -0.360 e. The molecule has 1 N–H and O–H groups in total. The van der Waals surface area contributed by atoms with Crippen LogP contribution in [0.2, 0.25) is 25.7 Å². The molecule has 46 heavy (non-hydrogen) atoms. The number of aromatic nitrogens is 4. The van der Waals surface area contributed by atoms with Crippen molar-refractivity contribution in [2.45, 2.75) is 83.8 Å². The normalized spacial score (nSPS) is 14.1. The van der Waals surface area contributed by atoms with Gasteiger partial charge in [0, 0.05) is 43.9 Å². The third-order valence-electron chi connectivity index (χ3n) is 8.50. The first kappa shape index (κ1) is 33.8. The molecule has 2 aromatic heterocycles. The minimum absolute atomic E-state index is 0.262. The van der Waals surface area contributed by atoms with Crippen LogP contribution in [0.15, 0.2) is 67.1 Å². The Labute approximate surface area is 274 Å². The number of anilines is 1. The number of hydrogen-bond donors (Lipinski definition) is 1. The van der Waals surface area contributed by atoms with E-state index in [1.807, 2.05) is 35.2 Å². The molecule has 8 nitrogen and oxygen atoms in total. The zero-order chi connectivity index (χ0) is 32.4. The number of likely N-dealkylation sites (tertiary alicyclic amines) is 1. The fourth-order valence-electron chi connectivity index (χ4n) is 5.75. The van der Waals surface area contributed by atoms with E-state index in [2.05, 4.69) is 35.0 Å². The molecule has 3 heterocycles. The highest BCUT2D eigenvalue weighted by atomic mass is 28.3. The second-order valence-electron chi connectivity index (χ2n) is 13.6. The SMILES string of the molecule is C[Si](C)(C)CCOCn1cc(-c2cccc(C(=O)Nc3nc(CCCCCCN4CCCCC4)cn3-c3ccc(F)cc3)c2)cn1. The smallest absolute Gasteiger partial charge is 0.258 e. The van der Waals surface area contributed by atoms with E-state index in [-0.39, 0.29) is 11.7 Å². The number of carbonyl (C=O) groups excluding carboxylic acids is 1. The maximum atomic E-state index is 13.7.